The molecule has 4 rings (SSSR count). The number of piperidine rings is 1. The maximum absolute atomic E-state index is 13.3. The van der Waals surface area contributed by atoms with Gasteiger partial charge in [0.2, 0.25) is 5.91 Å². The molecular weight excluding hydrogens is 366 g/mol. The lowest BCUT2D eigenvalue weighted by Crippen LogP contribution is -2.40. The van der Waals surface area contributed by atoms with Crippen LogP contribution in [0.25, 0.3) is 0 Å². The first-order valence-corrected chi connectivity index (χ1v) is 11.3. The molecule has 0 aromatic heterocycles. The van der Waals surface area contributed by atoms with Gasteiger partial charge in [0.15, 0.2) is 0 Å². The molecule has 0 unspecified atom stereocenters. The highest BCUT2D eigenvalue weighted by Gasteiger charge is 2.26. The molecule has 0 spiro atoms. The molecule has 1 aromatic rings. The molecule has 6 nitrogen and oxygen atoms in total. The van der Waals surface area contributed by atoms with E-state index in [-0.39, 0.29) is 5.91 Å². The molecule has 0 bridgehead atoms. The minimum atomic E-state index is 0.273. The average Bonchev–Trinajstić information content (AvgIpc) is 2.79. The Morgan fingerprint density at radius 2 is 1.59 bits per heavy atom. The number of hydrogen-bond acceptors (Lipinski definition) is 5. The van der Waals surface area contributed by atoms with Crippen molar-refractivity contribution in [2.24, 2.45) is 11.8 Å². The fourth-order valence-electron chi connectivity index (χ4n) is 4.65. The fraction of sp³-hybridized carbons (Fsp3) is 0.696. The van der Waals surface area contributed by atoms with E-state index in [0.717, 1.165) is 90.5 Å². The summed E-state index contributed by atoms with van der Waals surface area (Å²) in [7, 11) is 0. The Kier molecular flexibility index (Phi) is 7.41. The second-order valence-corrected chi connectivity index (χ2v) is 8.57. The number of rotatable bonds is 6. The van der Waals surface area contributed by atoms with Gasteiger partial charge in [-0.25, -0.2) is 0 Å². The predicted molar refractivity (Wildman–Crippen MR) is 116 cm³/mol. The Bertz CT molecular complexity index is 633. The second kappa shape index (κ2) is 10.4. The van der Waals surface area contributed by atoms with E-state index >= 15 is 0 Å². The Balaban J connectivity index is 1.46. The molecule has 3 aliphatic heterocycles. The molecule has 1 N–H and O–H groups in total. The van der Waals surface area contributed by atoms with Gasteiger partial charge in [-0.15, -0.1) is 0 Å². The van der Waals surface area contributed by atoms with E-state index in [1.807, 2.05) is 0 Å². The molecule has 3 heterocycles. The number of anilines is 2. The number of carbonyl (C=O) groups excluding carboxylic acids is 1. The van der Waals surface area contributed by atoms with E-state index in [9.17, 15) is 4.79 Å². The van der Waals surface area contributed by atoms with E-state index in [1.165, 1.54) is 5.69 Å². The number of morpholine rings is 1. The lowest BCUT2D eigenvalue weighted by molar-refractivity contribution is -0.120. The van der Waals surface area contributed by atoms with Crippen LogP contribution < -0.4 is 15.1 Å². The van der Waals surface area contributed by atoms with E-state index < -0.39 is 0 Å². The molecule has 29 heavy (non-hydrogen) atoms. The molecule has 3 saturated heterocycles. The van der Waals surface area contributed by atoms with Crippen LogP contribution in [0.1, 0.15) is 32.1 Å². The summed E-state index contributed by atoms with van der Waals surface area (Å²) < 4.78 is 10.9. The third kappa shape index (κ3) is 5.71. The Labute approximate surface area is 174 Å². The average molecular weight is 402 g/mol. The summed E-state index contributed by atoms with van der Waals surface area (Å²) in [4.78, 5) is 17.7. The summed E-state index contributed by atoms with van der Waals surface area (Å²) >= 11 is 0. The number of carbonyl (C=O) groups is 1. The first kappa shape index (κ1) is 20.6. The van der Waals surface area contributed by atoms with Crippen molar-refractivity contribution in [1.29, 1.82) is 0 Å². The zero-order chi connectivity index (χ0) is 19.9. The van der Waals surface area contributed by atoms with Gasteiger partial charge in [0.05, 0.1) is 13.2 Å². The standard InChI is InChI=1S/C23H35N3O3/c27-23(17-19-7-13-28-14-8-19)26(18-20-5-9-24-10-6-20)22-3-1-21(2-4-22)25-11-15-29-16-12-25/h1-4,19-20,24H,5-18H2. The number of benzene rings is 1. The van der Waals surface area contributed by atoms with Crippen molar-refractivity contribution in [3.63, 3.8) is 0 Å². The van der Waals surface area contributed by atoms with E-state index in [2.05, 4.69) is 39.4 Å². The number of nitrogens with zero attached hydrogens (tertiary/aromatic N) is 2. The summed E-state index contributed by atoms with van der Waals surface area (Å²) in [6.07, 6.45) is 4.94. The van der Waals surface area contributed by atoms with Crippen molar-refractivity contribution in [2.45, 2.75) is 32.1 Å². The molecule has 160 valence electrons. The Morgan fingerprint density at radius 3 is 2.28 bits per heavy atom. The van der Waals surface area contributed by atoms with Crippen molar-refractivity contribution in [3.8, 4) is 0 Å². The summed E-state index contributed by atoms with van der Waals surface area (Å²) in [5, 5.41) is 3.43. The number of nitrogens with one attached hydrogen (secondary N) is 1. The Hall–Kier alpha value is -1.63. The third-order valence-electron chi connectivity index (χ3n) is 6.54. The quantitative estimate of drug-likeness (QED) is 0.794. The molecule has 0 saturated carbocycles. The monoisotopic (exact) mass is 401 g/mol. The van der Waals surface area contributed by atoms with Crippen LogP contribution in [0.5, 0.6) is 0 Å². The topological polar surface area (TPSA) is 54.0 Å². The Morgan fingerprint density at radius 1 is 0.931 bits per heavy atom. The lowest BCUT2D eigenvalue weighted by Gasteiger charge is -2.33. The third-order valence-corrected chi connectivity index (χ3v) is 6.54. The normalized spacial score (nSPS) is 21.9. The number of amides is 1. The molecule has 1 amide bonds. The van der Waals surface area contributed by atoms with Gasteiger partial charge in [0.1, 0.15) is 0 Å². The van der Waals surface area contributed by atoms with Gasteiger partial charge < -0.3 is 24.6 Å². The zero-order valence-corrected chi connectivity index (χ0v) is 17.5. The molecule has 3 aliphatic rings. The summed E-state index contributed by atoms with van der Waals surface area (Å²) in [5.41, 5.74) is 2.26. The number of hydrogen-bond donors (Lipinski definition) is 1. The minimum Gasteiger partial charge on any atom is -0.381 e. The van der Waals surface area contributed by atoms with Crippen LogP contribution in [-0.2, 0) is 14.3 Å². The molecule has 0 radical (unpaired) electrons. The highest BCUT2D eigenvalue weighted by atomic mass is 16.5. The van der Waals surface area contributed by atoms with Gasteiger partial charge in [-0.3, -0.25) is 4.79 Å². The zero-order valence-electron chi connectivity index (χ0n) is 17.5. The largest absolute Gasteiger partial charge is 0.381 e. The highest BCUT2D eigenvalue weighted by Crippen LogP contribution is 2.27. The van der Waals surface area contributed by atoms with E-state index in [1.54, 1.807) is 0 Å². The second-order valence-electron chi connectivity index (χ2n) is 8.57. The van der Waals surface area contributed by atoms with Crippen LogP contribution >= 0.6 is 0 Å². The number of ether oxygens (including phenoxy) is 2. The van der Waals surface area contributed by atoms with Crippen LogP contribution in [-0.4, -0.2) is 65.1 Å². The van der Waals surface area contributed by atoms with Gasteiger partial charge in [0.25, 0.3) is 0 Å². The maximum Gasteiger partial charge on any atom is 0.227 e. The predicted octanol–water partition coefficient (Wildman–Crippen LogP) is 2.67. The van der Waals surface area contributed by atoms with Crippen LogP contribution in [0.4, 0.5) is 11.4 Å². The van der Waals surface area contributed by atoms with Crippen molar-refractivity contribution in [2.75, 3.05) is 69.0 Å². The van der Waals surface area contributed by atoms with Gasteiger partial charge in [-0.2, -0.15) is 0 Å². The van der Waals surface area contributed by atoms with Crippen molar-refractivity contribution < 1.29 is 14.3 Å². The van der Waals surface area contributed by atoms with Crippen LogP contribution in [0.15, 0.2) is 24.3 Å². The first-order valence-electron chi connectivity index (χ1n) is 11.3. The highest BCUT2D eigenvalue weighted by molar-refractivity contribution is 5.93. The van der Waals surface area contributed by atoms with Crippen molar-refractivity contribution in [3.05, 3.63) is 24.3 Å². The lowest BCUT2D eigenvalue weighted by atomic mass is 9.94. The maximum atomic E-state index is 13.3. The molecule has 6 heteroatoms. The molecule has 0 aliphatic carbocycles. The van der Waals surface area contributed by atoms with Gasteiger partial charge in [-0.05, 0) is 74.9 Å². The van der Waals surface area contributed by atoms with Gasteiger partial charge >= 0.3 is 0 Å². The molecule has 3 fully saturated rings. The van der Waals surface area contributed by atoms with Crippen LogP contribution in [0, 0.1) is 11.8 Å². The van der Waals surface area contributed by atoms with Gasteiger partial charge in [0, 0.05) is 50.6 Å². The molecule has 1 aromatic carbocycles. The van der Waals surface area contributed by atoms with E-state index in [0.29, 0.717) is 18.3 Å². The van der Waals surface area contributed by atoms with Crippen molar-refractivity contribution in [1.82, 2.24) is 5.32 Å². The fourth-order valence-corrected chi connectivity index (χ4v) is 4.65. The summed E-state index contributed by atoms with van der Waals surface area (Å²) in [6.45, 7) is 7.97. The minimum absolute atomic E-state index is 0.273. The molecule has 0 atom stereocenters. The first-order chi connectivity index (χ1) is 14.3. The summed E-state index contributed by atoms with van der Waals surface area (Å²) in [6, 6.07) is 8.59. The van der Waals surface area contributed by atoms with Crippen LogP contribution in [0.2, 0.25) is 0 Å². The SMILES string of the molecule is O=C(CC1CCOCC1)N(CC1CCNCC1)c1ccc(N2CCOCC2)cc1. The van der Waals surface area contributed by atoms with Crippen molar-refractivity contribution >= 4 is 17.3 Å². The molecular formula is C23H35N3O3. The van der Waals surface area contributed by atoms with Gasteiger partial charge in [-0.1, -0.05) is 0 Å². The van der Waals surface area contributed by atoms with E-state index in [4.69, 9.17) is 9.47 Å². The summed E-state index contributed by atoms with van der Waals surface area (Å²) in [5.74, 6) is 1.31. The smallest absolute Gasteiger partial charge is 0.227 e. The van der Waals surface area contributed by atoms with Crippen LogP contribution in [0.3, 0.4) is 0 Å².